The van der Waals surface area contributed by atoms with Gasteiger partial charge in [-0.05, 0) is 24.3 Å². The van der Waals surface area contributed by atoms with E-state index in [2.05, 4.69) is 42.8 Å². The quantitative estimate of drug-likeness (QED) is 0.724. The van der Waals surface area contributed by atoms with Crippen LogP contribution in [0.3, 0.4) is 0 Å². The summed E-state index contributed by atoms with van der Waals surface area (Å²) in [4.78, 5) is 0. The van der Waals surface area contributed by atoms with Crippen molar-refractivity contribution in [2.24, 2.45) is 0 Å². The lowest BCUT2D eigenvalue weighted by Crippen LogP contribution is -2.16. The molecule has 0 radical (unpaired) electrons. The van der Waals surface area contributed by atoms with Gasteiger partial charge in [0.25, 0.3) is 0 Å². The highest BCUT2D eigenvalue weighted by Gasteiger charge is 1.94. The minimum absolute atomic E-state index is 0.993. The molecule has 0 aliphatic carbocycles. The van der Waals surface area contributed by atoms with Crippen LogP contribution in [0.1, 0.15) is 11.1 Å². The standard InChI is InChI=1S/C11H17NS/c1-10-5-3-4-6-11(10)9-12-7-8-13-2/h3-6,12H,7-9H2,1-2H3. The van der Waals surface area contributed by atoms with E-state index >= 15 is 0 Å². The molecule has 0 fully saturated rings. The van der Waals surface area contributed by atoms with Gasteiger partial charge in [-0.3, -0.25) is 0 Å². The molecule has 1 nitrogen and oxygen atoms in total. The fraction of sp³-hybridized carbons (Fsp3) is 0.455. The molecule has 0 spiro atoms. The van der Waals surface area contributed by atoms with Crippen molar-refractivity contribution in [2.45, 2.75) is 13.5 Å². The predicted octanol–water partition coefficient (Wildman–Crippen LogP) is 2.45. The van der Waals surface area contributed by atoms with Crippen LogP contribution in [0.25, 0.3) is 0 Å². The van der Waals surface area contributed by atoms with Gasteiger partial charge in [-0.25, -0.2) is 0 Å². The van der Waals surface area contributed by atoms with E-state index in [1.54, 1.807) is 0 Å². The van der Waals surface area contributed by atoms with E-state index in [9.17, 15) is 0 Å². The minimum Gasteiger partial charge on any atom is -0.312 e. The summed E-state index contributed by atoms with van der Waals surface area (Å²) in [6.45, 7) is 4.24. The lowest BCUT2D eigenvalue weighted by molar-refractivity contribution is 0.729. The maximum absolute atomic E-state index is 3.42. The van der Waals surface area contributed by atoms with Gasteiger partial charge < -0.3 is 5.32 Å². The first-order chi connectivity index (χ1) is 6.34. The lowest BCUT2D eigenvalue weighted by atomic mass is 10.1. The van der Waals surface area contributed by atoms with Gasteiger partial charge in [0.1, 0.15) is 0 Å². The van der Waals surface area contributed by atoms with Crippen molar-refractivity contribution in [1.29, 1.82) is 0 Å². The molecule has 0 saturated carbocycles. The zero-order chi connectivity index (χ0) is 9.52. The molecule has 1 rings (SSSR count). The summed E-state index contributed by atoms with van der Waals surface area (Å²) in [6.07, 6.45) is 2.13. The third-order valence-corrected chi connectivity index (χ3v) is 2.67. The van der Waals surface area contributed by atoms with Crippen molar-refractivity contribution in [3.05, 3.63) is 35.4 Å². The summed E-state index contributed by atoms with van der Waals surface area (Å²) < 4.78 is 0. The van der Waals surface area contributed by atoms with Crippen molar-refractivity contribution in [3.8, 4) is 0 Å². The van der Waals surface area contributed by atoms with Crippen LogP contribution in [0.15, 0.2) is 24.3 Å². The summed E-state index contributed by atoms with van der Waals surface area (Å²) in [7, 11) is 0. The Labute approximate surface area is 84.9 Å². The Morgan fingerprint density at radius 1 is 1.31 bits per heavy atom. The van der Waals surface area contributed by atoms with Crippen LogP contribution < -0.4 is 5.32 Å². The summed E-state index contributed by atoms with van der Waals surface area (Å²) in [5.74, 6) is 1.19. The second kappa shape index (κ2) is 6.06. The average Bonchev–Trinajstić information content (AvgIpc) is 2.15. The first-order valence-corrected chi connectivity index (χ1v) is 5.98. The van der Waals surface area contributed by atoms with Crippen molar-refractivity contribution in [1.82, 2.24) is 5.32 Å². The third-order valence-electron chi connectivity index (χ3n) is 2.06. The van der Waals surface area contributed by atoms with E-state index in [0.29, 0.717) is 0 Å². The van der Waals surface area contributed by atoms with E-state index < -0.39 is 0 Å². The smallest absolute Gasteiger partial charge is 0.0208 e. The van der Waals surface area contributed by atoms with Crippen LogP contribution in [-0.4, -0.2) is 18.6 Å². The van der Waals surface area contributed by atoms with Gasteiger partial charge in [-0.15, -0.1) is 0 Å². The SMILES string of the molecule is CSCCNCc1ccccc1C. The number of benzene rings is 1. The van der Waals surface area contributed by atoms with Gasteiger partial charge in [-0.1, -0.05) is 24.3 Å². The highest BCUT2D eigenvalue weighted by molar-refractivity contribution is 7.98. The Balaban J connectivity index is 2.32. The first kappa shape index (κ1) is 10.6. The second-order valence-corrected chi connectivity index (χ2v) is 4.08. The highest BCUT2D eigenvalue weighted by Crippen LogP contribution is 2.05. The molecule has 1 aromatic rings. The molecule has 0 atom stereocenters. The van der Waals surface area contributed by atoms with Crippen LogP contribution in [0, 0.1) is 6.92 Å². The van der Waals surface area contributed by atoms with Crippen LogP contribution in [0.2, 0.25) is 0 Å². The predicted molar refractivity (Wildman–Crippen MR) is 61.3 cm³/mol. The average molecular weight is 195 g/mol. The molecule has 13 heavy (non-hydrogen) atoms. The maximum Gasteiger partial charge on any atom is 0.0208 e. The number of aryl methyl sites for hydroxylation is 1. The fourth-order valence-corrected chi connectivity index (χ4v) is 1.55. The molecule has 2 heteroatoms. The monoisotopic (exact) mass is 195 g/mol. The van der Waals surface area contributed by atoms with E-state index in [1.807, 2.05) is 11.8 Å². The van der Waals surface area contributed by atoms with Gasteiger partial charge in [0, 0.05) is 18.8 Å². The Bertz CT molecular complexity index is 248. The van der Waals surface area contributed by atoms with E-state index in [4.69, 9.17) is 0 Å². The van der Waals surface area contributed by atoms with Gasteiger partial charge >= 0.3 is 0 Å². The van der Waals surface area contributed by atoms with Crippen LogP contribution in [0.5, 0.6) is 0 Å². The minimum atomic E-state index is 0.993. The molecule has 1 N–H and O–H groups in total. The van der Waals surface area contributed by atoms with E-state index in [1.165, 1.54) is 16.9 Å². The number of nitrogens with one attached hydrogen (secondary N) is 1. The topological polar surface area (TPSA) is 12.0 Å². The molecule has 0 saturated heterocycles. The lowest BCUT2D eigenvalue weighted by Gasteiger charge is -2.06. The van der Waals surface area contributed by atoms with Gasteiger partial charge in [0.05, 0.1) is 0 Å². The molecule has 0 aromatic heterocycles. The molecular formula is C11H17NS. The number of rotatable bonds is 5. The molecule has 0 aliphatic rings. The highest BCUT2D eigenvalue weighted by atomic mass is 32.2. The molecule has 72 valence electrons. The van der Waals surface area contributed by atoms with Crippen molar-refractivity contribution < 1.29 is 0 Å². The van der Waals surface area contributed by atoms with Crippen LogP contribution in [0.4, 0.5) is 0 Å². The molecule has 0 amide bonds. The summed E-state index contributed by atoms with van der Waals surface area (Å²) in [6, 6.07) is 8.52. The van der Waals surface area contributed by atoms with E-state index in [-0.39, 0.29) is 0 Å². The van der Waals surface area contributed by atoms with Crippen molar-refractivity contribution in [3.63, 3.8) is 0 Å². The maximum atomic E-state index is 3.42. The van der Waals surface area contributed by atoms with Crippen molar-refractivity contribution >= 4 is 11.8 Å². The Hall–Kier alpha value is -0.470. The molecule has 0 heterocycles. The molecule has 0 aliphatic heterocycles. The fourth-order valence-electron chi connectivity index (χ4n) is 1.21. The Kier molecular flexibility index (Phi) is 4.94. The largest absolute Gasteiger partial charge is 0.312 e. The van der Waals surface area contributed by atoms with Gasteiger partial charge in [-0.2, -0.15) is 11.8 Å². The number of hydrogen-bond acceptors (Lipinski definition) is 2. The number of hydrogen-bond donors (Lipinski definition) is 1. The van der Waals surface area contributed by atoms with Crippen LogP contribution >= 0.6 is 11.8 Å². The molecular weight excluding hydrogens is 178 g/mol. The number of thioether (sulfide) groups is 1. The summed E-state index contributed by atoms with van der Waals surface area (Å²) in [5.41, 5.74) is 2.78. The molecule has 0 bridgehead atoms. The second-order valence-electron chi connectivity index (χ2n) is 3.10. The zero-order valence-corrected chi connectivity index (χ0v) is 9.16. The van der Waals surface area contributed by atoms with Crippen LogP contribution in [-0.2, 0) is 6.54 Å². The van der Waals surface area contributed by atoms with E-state index in [0.717, 1.165) is 13.1 Å². The molecule has 1 aromatic carbocycles. The molecule has 0 unspecified atom stereocenters. The van der Waals surface area contributed by atoms with Gasteiger partial charge in [0.15, 0.2) is 0 Å². The zero-order valence-electron chi connectivity index (χ0n) is 8.34. The summed E-state index contributed by atoms with van der Waals surface area (Å²) in [5, 5.41) is 3.42. The summed E-state index contributed by atoms with van der Waals surface area (Å²) >= 11 is 1.88. The third kappa shape index (κ3) is 3.83. The Morgan fingerprint density at radius 2 is 2.08 bits per heavy atom. The normalized spacial score (nSPS) is 10.3. The first-order valence-electron chi connectivity index (χ1n) is 4.58. The van der Waals surface area contributed by atoms with Gasteiger partial charge in [0.2, 0.25) is 0 Å². The Morgan fingerprint density at radius 3 is 2.77 bits per heavy atom. The van der Waals surface area contributed by atoms with Crippen molar-refractivity contribution in [2.75, 3.05) is 18.6 Å².